The number of ether oxygens (including phenoxy) is 1. The minimum absolute atomic E-state index is 0.0277. The predicted molar refractivity (Wildman–Crippen MR) is 71.8 cm³/mol. The molecular weight excluding hydrogens is 228 g/mol. The first-order valence-electron chi connectivity index (χ1n) is 6.39. The molecule has 2 N–H and O–H groups in total. The molecule has 1 aliphatic heterocycles. The van der Waals surface area contributed by atoms with Crippen molar-refractivity contribution >= 4 is 11.6 Å². The summed E-state index contributed by atoms with van der Waals surface area (Å²) < 4.78 is 5.54. The van der Waals surface area contributed by atoms with Crippen LogP contribution >= 0.6 is 0 Å². The minimum Gasteiger partial charge on any atom is -0.490 e. The van der Waals surface area contributed by atoms with Gasteiger partial charge in [-0.1, -0.05) is 25.5 Å². The Kier molecular flexibility index (Phi) is 3.57. The van der Waals surface area contributed by atoms with Crippen LogP contribution in [-0.2, 0) is 4.79 Å². The van der Waals surface area contributed by atoms with E-state index in [0.717, 1.165) is 17.9 Å². The lowest BCUT2D eigenvalue weighted by molar-refractivity contribution is -0.123. The molecule has 0 saturated carbocycles. The quantitative estimate of drug-likeness (QED) is 0.889. The number of carbonyl (C=O) groups excluding carboxylic acids is 1. The van der Waals surface area contributed by atoms with Crippen molar-refractivity contribution in [1.29, 1.82) is 0 Å². The highest BCUT2D eigenvalue weighted by molar-refractivity contribution is 6.01. The first-order valence-corrected chi connectivity index (χ1v) is 6.39. The highest BCUT2D eigenvalue weighted by atomic mass is 16.5. The van der Waals surface area contributed by atoms with Crippen LogP contribution in [0.25, 0.3) is 0 Å². The lowest BCUT2D eigenvalue weighted by Gasteiger charge is -2.35. The van der Waals surface area contributed by atoms with E-state index in [9.17, 15) is 4.79 Å². The van der Waals surface area contributed by atoms with E-state index in [1.54, 1.807) is 11.8 Å². The highest BCUT2D eigenvalue weighted by Crippen LogP contribution is 2.32. The van der Waals surface area contributed by atoms with Crippen LogP contribution in [0.15, 0.2) is 24.3 Å². The van der Waals surface area contributed by atoms with E-state index < -0.39 is 5.54 Å². The standard InChI is InChI=1S/C14H20N2O2/c1-3-8-14(2,15)13(17)16-9-10-18-12-7-5-4-6-11(12)16/h4-7H,3,8-10,15H2,1-2H3. The molecule has 1 atom stereocenters. The molecule has 4 heteroatoms. The number of carbonyl (C=O) groups is 1. The normalized spacial score (nSPS) is 17.6. The van der Waals surface area contributed by atoms with Crippen molar-refractivity contribution in [1.82, 2.24) is 0 Å². The third-order valence-electron chi connectivity index (χ3n) is 3.23. The van der Waals surface area contributed by atoms with Crippen LogP contribution in [0.5, 0.6) is 5.75 Å². The van der Waals surface area contributed by atoms with E-state index in [2.05, 4.69) is 0 Å². The van der Waals surface area contributed by atoms with E-state index >= 15 is 0 Å². The Morgan fingerprint density at radius 1 is 1.50 bits per heavy atom. The summed E-state index contributed by atoms with van der Waals surface area (Å²) in [5.74, 6) is 0.726. The van der Waals surface area contributed by atoms with Gasteiger partial charge in [0.05, 0.1) is 17.8 Å². The predicted octanol–water partition coefficient (Wildman–Crippen LogP) is 1.93. The fraction of sp³-hybridized carbons (Fsp3) is 0.500. The van der Waals surface area contributed by atoms with Gasteiger partial charge in [0.15, 0.2) is 0 Å². The monoisotopic (exact) mass is 248 g/mol. The molecule has 0 bridgehead atoms. The van der Waals surface area contributed by atoms with Crippen LogP contribution in [0.4, 0.5) is 5.69 Å². The first-order chi connectivity index (χ1) is 8.56. The van der Waals surface area contributed by atoms with Crippen molar-refractivity contribution < 1.29 is 9.53 Å². The second-order valence-electron chi connectivity index (χ2n) is 4.94. The smallest absolute Gasteiger partial charge is 0.247 e. The van der Waals surface area contributed by atoms with E-state index in [-0.39, 0.29) is 5.91 Å². The maximum absolute atomic E-state index is 12.5. The summed E-state index contributed by atoms with van der Waals surface area (Å²) in [7, 11) is 0. The van der Waals surface area contributed by atoms with Gasteiger partial charge in [0, 0.05) is 0 Å². The van der Waals surface area contributed by atoms with Gasteiger partial charge in [-0.25, -0.2) is 0 Å². The van der Waals surface area contributed by atoms with Crippen LogP contribution in [-0.4, -0.2) is 24.6 Å². The molecule has 0 radical (unpaired) electrons. The molecule has 98 valence electrons. The molecule has 1 heterocycles. The average molecular weight is 248 g/mol. The number of nitrogens with two attached hydrogens (primary N) is 1. The Hall–Kier alpha value is -1.55. The summed E-state index contributed by atoms with van der Waals surface area (Å²) in [5.41, 5.74) is 6.14. The van der Waals surface area contributed by atoms with Crippen molar-refractivity contribution in [2.24, 2.45) is 5.73 Å². The first kappa shape index (κ1) is 12.9. The van der Waals surface area contributed by atoms with Crippen molar-refractivity contribution in [3.63, 3.8) is 0 Å². The molecule has 0 saturated heterocycles. The Labute approximate surface area is 108 Å². The van der Waals surface area contributed by atoms with Crippen LogP contribution in [0.1, 0.15) is 26.7 Å². The summed E-state index contributed by atoms with van der Waals surface area (Å²) in [6.07, 6.45) is 1.58. The number of hydrogen-bond acceptors (Lipinski definition) is 3. The number of fused-ring (bicyclic) bond motifs is 1. The number of para-hydroxylation sites is 2. The molecule has 1 aliphatic rings. The number of anilines is 1. The van der Waals surface area contributed by atoms with Crippen molar-refractivity contribution in [3.05, 3.63) is 24.3 Å². The number of rotatable bonds is 3. The van der Waals surface area contributed by atoms with Crippen LogP contribution in [0.2, 0.25) is 0 Å². The summed E-state index contributed by atoms with van der Waals surface area (Å²) in [6, 6.07) is 7.58. The Balaban J connectivity index is 2.28. The van der Waals surface area contributed by atoms with Gasteiger partial charge in [0.2, 0.25) is 5.91 Å². The SMILES string of the molecule is CCCC(C)(N)C(=O)N1CCOc2ccccc21. The molecule has 0 spiro atoms. The van der Waals surface area contributed by atoms with Gasteiger partial charge >= 0.3 is 0 Å². The van der Waals surface area contributed by atoms with E-state index in [1.807, 2.05) is 31.2 Å². The third-order valence-corrected chi connectivity index (χ3v) is 3.23. The highest BCUT2D eigenvalue weighted by Gasteiger charge is 2.34. The van der Waals surface area contributed by atoms with Gasteiger partial charge in [-0.15, -0.1) is 0 Å². The fourth-order valence-electron chi connectivity index (χ4n) is 2.32. The number of benzene rings is 1. The number of hydrogen-bond donors (Lipinski definition) is 1. The Morgan fingerprint density at radius 3 is 2.94 bits per heavy atom. The third kappa shape index (κ3) is 2.34. The molecule has 0 fully saturated rings. The second-order valence-corrected chi connectivity index (χ2v) is 4.94. The van der Waals surface area contributed by atoms with E-state index in [0.29, 0.717) is 19.6 Å². The summed E-state index contributed by atoms with van der Waals surface area (Å²) in [4.78, 5) is 14.3. The minimum atomic E-state index is -0.806. The molecule has 0 aromatic heterocycles. The fourth-order valence-corrected chi connectivity index (χ4v) is 2.32. The van der Waals surface area contributed by atoms with Crippen molar-refractivity contribution in [3.8, 4) is 5.75 Å². The van der Waals surface area contributed by atoms with Gasteiger partial charge in [0.1, 0.15) is 12.4 Å². The number of amides is 1. The molecule has 2 rings (SSSR count). The molecular formula is C14H20N2O2. The van der Waals surface area contributed by atoms with Crippen molar-refractivity contribution in [2.75, 3.05) is 18.1 Å². The molecule has 1 aromatic carbocycles. The van der Waals surface area contributed by atoms with Gasteiger partial charge in [-0.2, -0.15) is 0 Å². The van der Waals surface area contributed by atoms with E-state index in [1.165, 1.54) is 0 Å². The zero-order chi connectivity index (χ0) is 13.2. The molecule has 1 aromatic rings. The van der Waals surface area contributed by atoms with Gasteiger partial charge in [0.25, 0.3) is 0 Å². The zero-order valence-electron chi connectivity index (χ0n) is 11.0. The Bertz CT molecular complexity index is 443. The van der Waals surface area contributed by atoms with Gasteiger partial charge < -0.3 is 15.4 Å². The molecule has 1 unspecified atom stereocenters. The molecule has 1 amide bonds. The maximum atomic E-state index is 12.5. The van der Waals surface area contributed by atoms with Crippen LogP contribution in [0, 0.1) is 0 Å². The van der Waals surface area contributed by atoms with Crippen molar-refractivity contribution in [2.45, 2.75) is 32.2 Å². The summed E-state index contributed by atoms with van der Waals surface area (Å²) in [5, 5.41) is 0. The lowest BCUT2D eigenvalue weighted by Crippen LogP contribution is -2.55. The largest absolute Gasteiger partial charge is 0.490 e. The Morgan fingerprint density at radius 2 is 2.22 bits per heavy atom. The maximum Gasteiger partial charge on any atom is 0.247 e. The average Bonchev–Trinajstić information content (AvgIpc) is 2.37. The topological polar surface area (TPSA) is 55.6 Å². The van der Waals surface area contributed by atoms with Crippen LogP contribution in [0.3, 0.4) is 0 Å². The number of nitrogens with zero attached hydrogens (tertiary/aromatic N) is 1. The van der Waals surface area contributed by atoms with Crippen LogP contribution < -0.4 is 15.4 Å². The van der Waals surface area contributed by atoms with Gasteiger partial charge in [-0.05, 0) is 25.5 Å². The van der Waals surface area contributed by atoms with Gasteiger partial charge in [-0.3, -0.25) is 4.79 Å². The zero-order valence-corrected chi connectivity index (χ0v) is 11.0. The molecule has 18 heavy (non-hydrogen) atoms. The van der Waals surface area contributed by atoms with E-state index in [4.69, 9.17) is 10.5 Å². The summed E-state index contributed by atoms with van der Waals surface area (Å²) in [6.45, 7) is 4.92. The lowest BCUT2D eigenvalue weighted by atomic mass is 9.95. The molecule has 0 aliphatic carbocycles. The summed E-state index contributed by atoms with van der Waals surface area (Å²) >= 11 is 0. The molecule has 4 nitrogen and oxygen atoms in total. The second kappa shape index (κ2) is 4.98.